The van der Waals surface area contributed by atoms with Gasteiger partial charge in [0.05, 0.1) is 11.6 Å². The molecule has 0 saturated carbocycles. The highest BCUT2D eigenvalue weighted by Gasteiger charge is 2.09. The van der Waals surface area contributed by atoms with Crippen molar-refractivity contribution < 1.29 is 4.79 Å². The van der Waals surface area contributed by atoms with E-state index in [2.05, 4.69) is 26.6 Å². The molecule has 2 rings (SSSR count). The fourth-order valence-electron chi connectivity index (χ4n) is 1.68. The fraction of sp³-hybridized carbons (Fsp3) is 0. The van der Waals surface area contributed by atoms with Crippen LogP contribution < -0.4 is 10.6 Å². The summed E-state index contributed by atoms with van der Waals surface area (Å²) in [6.07, 6.45) is 1.33. The lowest BCUT2D eigenvalue weighted by molar-refractivity contribution is -0.112. The Morgan fingerprint density at radius 1 is 1.00 bits per heavy atom. The first kappa shape index (κ1) is 16.3. The first-order valence-corrected chi connectivity index (χ1v) is 7.35. The number of carbonyl (C=O) groups is 1. The van der Waals surface area contributed by atoms with Crippen molar-refractivity contribution in [1.29, 1.82) is 10.5 Å². The molecule has 5 nitrogen and oxygen atoms in total. The summed E-state index contributed by atoms with van der Waals surface area (Å²) in [5, 5.41) is 23.3. The topological polar surface area (TPSA) is 88.7 Å². The molecule has 112 valence electrons. The third kappa shape index (κ3) is 4.70. The smallest absolute Gasteiger partial charge is 0.267 e. The van der Waals surface area contributed by atoms with Crippen molar-refractivity contribution in [3.05, 3.63) is 70.3 Å². The maximum atomic E-state index is 12.1. The average molecular weight is 367 g/mol. The van der Waals surface area contributed by atoms with E-state index in [1.54, 1.807) is 48.5 Å². The van der Waals surface area contributed by atoms with Crippen LogP contribution in [0.5, 0.6) is 0 Å². The molecule has 0 fully saturated rings. The van der Waals surface area contributed by atoms with Crippen LogP contribution in [0.2, 0.25) is 0 Å². The van der Waals surface area contributed by atoms with E-state index in [0.29, 0.717) is 16.9 Å². The molecule has 0 aliphatic heterocycles. The van der Waals surface area contributed by atoms with Gasteiger partial charge in [0.15, 0.2) is 0 Å². The van der Waals surface area contributed by atoms with Crippen LogP contribution in [0.4, 0.5) is 11.4 Å². The van der Waals surface area contributed by atoms with E-state index >= 15 is 0 Å². The quantitative estimate of drug-likeness (QED) is 0.636. The van der Waals surface area contributed by atoms with E-state index in [0.717, 1.165) is 4.47 Å². The van der Waals surface area contributed by atoms with Crippen molar-refractivity contribution in [3.8, 4) is 12.1 Å². The standard InChI is InChI=1S/C17H11BrN4O/c18-14-3-7-16(8-4-14)22-17(23)13(10-20)11-21-15-5-1-12(9-19)2-6-15/h1-8,11,21H,(H,22,23)/b13-11-. The summed E-state index contributed by atoms with van der Waals surface area (Å²) in [6, 6.07) is 17.6. The number of carbonyl (C=O) groups excluding carboxylic acids is 1. The Balaban J connectivity index is 2.05. The zero-order chi connectivity index (χ0) is 16.7. The first-order chi connectivity index (χ1) is 11.1. The molecule has 0 heterocycles. The highest BCUT2D eigenvalue weighted by molar-refractivity contribution is 9.10. The molecule has 0 atom stereocenters. The predicted octanol–water partition coefficient (Wildman–Crippen LogP) is 3.78. The second-order valence-corrected chi connectivity index (χ2v) is 5.38. The molecule has 0 spiro atoms. The molecular weight excluding hydrogens is 356 g/mol. The molecule has 0 aliphatic carbocycles. The normalized spacial score (nSPS) is 10.3. The predicted molar refractivity (Wildman–Crippen MR) is 91.2 cm³/mol. The number of rotatable bonds is 4. The summed E-state index contributed by atoms with van der Waals surface area (Å²) in [5.74, 6) is -0.504. The lowest BCUT2D eigenvalue weighted by atomic mass is 10.2. The zero-order valence-electron chi connectivity index (χ0n) is 11.9. The molecule has 0 bridgehead atoms. The third-order valence-electron chi connectivity index (χ3n) is 2.86. The van der Waals surface area contributed by atoms with Gasteiger partial charge in [0, 0.05) is 22.0 Å². The minimum absolute atomic E-state index is 0.0581. The van der Waals surface area contributed by atoms with Gasteiger partial charge in [-0.15, -0.1) is 0 Å². The van der Waals surface area contributed by atoms with Crippen LogP contribution in [-0.2, 0) is 4.79 Å². The summed E-state index contributed by atoms with van der Waals surface area (Å²) in [7, 11) is 0. The molecule has 2 N–H and O–H groups in total. The first-order valence-electron chi connectivity index (χ1n) is 6.56. The van der Waals surface area contributed by atoms with E-state index in [1.807, 2.05) is 12.1 Å². The number of amides is 1. The maximum absolute atomic E-state index is 12.1. The van der Waals surface area contributed by atoms with Gasteiger partial charge in [0.2, 0.25) is 0 Å². The monoisotopic (exact) mass is 366 g/mol. The fourth-order valence-corrected chi connectivity index (χ4v) is 1.94. The molecule has 6 heteroatoms. The van der Waals surface area contributed by atoms with Crippen LogP contribution in [0.1, 0.15) is 5.56 Å². The highest BCUT2D eigenvalue weighted by atomic mass is 79.9. The number of halogens is 1. The second-order valence-electron chi connectivity index (χ2n) is 4.46. The Morgan fingerprint density at radius 3 is 2.17 bits per heavy atom. The van der Waals surface area contributed by atoms with E-state index < -0.39 is 5.91 Å². The van der Waals surface area contributed by atoms with Crippen LogP contribution in [0.15, 0.2) is 64.8 Å². The summed E-state index contributed by atoms with van der Waals surface area (Å²) < 4.78 is 0.897. The Bertz CT molecular complexity index is 812. The van der Waals surface area contributed by atoms with Crippen LogP contribution >= 0.6 is 15.9 Å². The number of hydrogen-bond donors (Lipinski definition) is 2. The van der Waals surface area contributed by atoms with Gasteiger partial charge >= 0.3 is 0 Å². The molecule has 0 unspecified atom stereocenters. The van der Waals surface area contributed by atoms with Gasteiger partial charge in [0.25, 0.3) is 5.91 Å². The molecule has 0 aromatic heterocycles. The van der Waals surface area contributed by atoms with E-state index in [4.69, 9.17) is 10.5 Å². The minimum atomic E-state index is -0.504. The summed E-state index contributed by atoms with van der Waals surface area (Å²) in [5.41, 5.74) is 1.75. The van der Waals surface area contributed by atoms with Gasteiger partial charge in [-0.05, 0) is 48.5 Å². The molecule has 0 radical (unpaired) electrons. The lowest BCUT2D eigenvalue weighted by Crippen LogP contribution is -2.14. The number of hydrogen-bond acceptors (Lipinski definition) is 4. The van der Waals surface area contributed by atoms with Gasteiger partial charge in [0.1, 0.15) is 11.6 Å². The Hall–Kier alpha value is -3.09. The molecule has 0 aliphatic rings. The van der Waals surface area contributed by atoms with Crippen LogP contribution in [0.3, 0.4) is 0 Å². The third-order valence-corrected chi connectivity index (χ3v) is 3.39. The molecule has 23 heavy (non-hydrogen) atoms. The number of anilines is 2. The minimum Gasteiger partial charge on any atom is -0.360 e. The van der Waals surface area contributed by atoms with Gasteiger partial charge in [-0.1, -0.05) is 15.9 Å². The number of nitrogens with zero attached hydrogens (tertiary/aromatic N) is 2. The van der Waals surface area contributed by atoms with Crippen LogP contribution in [0.25, 0.3) is 0 Å². The van der Waals surface area contributed by atoms with Crippen LogP contribution in [0, 0.1) is 22.7 Å². The zero-order valence-corrected chi connectivity index (χ0v) is 13.5. The highest BCUT2D eigenvalue weighted by Crippen LogP contribution is 2.15. The summed E-state index contributed by atoms with van der Waals surface area (Å²) in [6.45, 7) is 0. The van der Waals surface area contributed by atoms with E-state index in [-0.39, 0.29) is 5.57 Å². The Kier molecular flexibility index (Phi) is 5.51. The van der Waals surface area contributed by atoms with Crippen molar-refractivity contribution in [3.63, 3.8) is 0 Å². The average Bonchev–Trinajstić information content (AvgIpc) is 2.58. The Morgan fingerprint density at radius 2 is 1.61 bits per heavy atom. The maximum Gasteiger partial charge on any atom is 0.267 e. The molecule has 1 amide bonds. The van der Waals surface area contributed by atoms with Crippen molar-refractivity contribution in [2.45, 2.75) is 0 Å². The summed E-state index contributed by atoms with van der Waals surface area (Å²) >= 11 is 3.31. The molecule has 0 saturated heterocycles. The molecule has 2 aromatic rings. The number of benzene rings is 2. The van der Waals surface area contributed by atoms with Gasteiger partial charge in [-0.3, -0.25) is 4.79 Å². The SMILES string of the molecule is N#C/C(=C/Nc1ccc(C#N)cc1)C(=O)Nc1ccc(Br)cc1. The number of nitrogens with one attached hydrogen (secondary N) is 2. The van der Waals surface area contributed by atoms with Crippen LogP contribution in [-0.4, -0.2) is 5.91 Å². The van der Waals surface area contributed by atoms with Crippen molar-refractivity contribution >= 4 is 33.2 Å². The van der Waals surface area contributed by atoms with Crippen molar-refractivity contribution in [2.75, 3.05) is 10.6 Å². The van der Waals surface area contributed by atoms with Crippen molar-refractivity contribution in [2.24, 2.45) is 0 Å². The Labute approximate surface area is 142 Å². The number of nitriles is 2. The largest absolute Gasteiger partial charge is 0.360 e. The van der Waals surface area contributed by atoms with Gasteiger partial charge < -0.3 is 10.6 Å². The molecular formula is C17H11BrN4O. The van der Waals surface area contributed by atoms with E-state index in [1.165, 1.54) is 6.20 Å². The summed E-state index contributed by atoms with van der Waals surface area (Å²) in [4.78, 5) is 12.1. The van der Waals surface area contributed by atoms with E-state index in [9.17, 15) is 4.79 Å². The second kappa shape index (κ2) is 7.79. The van der Waals surface area contributed by atoms with Gasteiger partial charge in [-0.25, -0.2) is 0 Å². The molecule has 2 aromatic carbocycles. The van der Waals surface area contributed by atoms with Crippen molar-refractivity contribution in [1.82, 2.24) is 0 Å². The lowest BCUT2D eigenvalue weighted by Gasteiger charge is -2.05. The van der Waals surface area contributed by atoms with Gasteiger partial charge in [-0.2, -0.15) is 10.5 Å².